The minimum atomic E-state index is -5.18. The fourth-order valence-corrected chi connectivity index (χ4v) is 5.52. The Bertz CT molecular complexity index is 1750. The number of nitrogens with two attached hydrogens (primary N) is 1. The zero-order chi connectivity index (χ0) is 32.0. The van der Waals surface area contributed by atoms with Crippen LogP contribution in [0.4, 0.5) is 35.1 Å². The predicted molar refractivity (Wildman–Crippen MR) is 140 cm³/mol. The molecular weight excluding hydrogens is 600 g/mol. The molecule has 1 aliphatic carbocycles. The Morgan fingerprint density at radius 2 is 1.73 bits per heavy atom. The molecule has 2 heterocycles. The summed E-state index contributed by atoms with van der Waals surface area (Å²) >= 11 is 0. The SMILES string of the molecule is NC(=O)c1cc(-c2cccnc2[C@@H](CC(=O)Cn2nc(C(F)(F)F)c3c2CCC3(F)F)Cc2cc(F)cc(F)c2)ccc1F. The van der Waals surface area contributed by atoms with Crippen LogP contribution in [0, 0.1) is 17.5 Å². The number of carbonyl (C=O) groups excluding carboxylic acids is 2. The van der Waals surface area contributed by atoms with Crippen molar-refractivity contribution in [3.05, 3.63) is 106 Å². The maximum atomic E-state index is 14.4. The summed E-state index contributed by atoms with van der Waals surface area (Å²) in [4.78, 5) is 29.5. The van der Waals surface area contributed by atoms with Gasteiger partial charge < -0.3 is 5.73 Å². The third-order valence-electron chi connectivity index (χ3n) is 7.34. The van der Waals surface area contributed by atoms with Gasteiger partial charge >= 0.3 is 6.18 Å². The van der Waals surface area contributed by atoms with Crippen LogP contribution in [-0.2, 0) is 36.3 Å². The molecule has 0 unspecified atom stereocenters. The van der Waals surface area contributed by atoms with Crippen molar-refractivity contribution in [3.63, 3.8) is 0 Å². The largest absolute Gasteiger partial charge is 0.435 e. The Morgan fingerprint density at radius 3 is 2.39 bits per heavy atom. The van der Waals surface area contributed by atoms with Gasteiger partial charge in [-0.3, -0.25) is 19.3 Å². The molecule has 0 saturated carbocycles. The van der Waals surface area contributed by atoms with E-state index < -0.39 is 95.5 Å². The zero-order valence-electron chi connectivity index (χ0n) is 22.6. The van der Waals surface area contributed by atoms with E-state index >= 15 is 0 Å². The van der Waals surface area contributed by atoms with Gasteiger partial charge in [0.25, 0.3) is 11.8 Å². The van der Waals surface area contributed by atoms with E-state index in [9.17, 15) is 44.7 Å². The number of Topliss-reactive ketones (excluding diaryl/α,β-unsaturated/α-hetero) is 1. The number of hydrogen-bond acceptors (Lipinski definition) is 4. The Morgan fingerprint density at radius 1 is 1.02 bits per heavy atom. The average Bonchev–Trinajstić information content (AvgIpc) is 3.45. The van der Waals surface area contributed by atoms with E-state index in [2.05, 4.69) is 10.1 Å². The number of rotatable bonds is 9. The van der Waals surface area contributed by atoms with E-state index in [0.717, 1.165) is 18.2 Å². The van der Waals surface area contributed by atoms with Crippen molar-refractivity contribution in [1.29, 1.82) is 0 Å². The summed E-state index contributed by atoms with van der Waals surface area (Å²) in [5, 5.41) is 3.32. The molecule has 0 saturated heterocycles. The van der Waals surface area contributed by atoms with Crippen LogP contribution in [0.2, 0.25) is 0 Å². The number of halogens is 8. The molecule has 230 valence electrons. The first-order valence-corrected chi connectivity index (χ1v) is 13.2. The number of primary amides is 1. The van der Waals surface area contributed by atoms with Crippen LogP contribution in [-0.4, -0.2) is 26.5 Å². The van der Waals surface area contributed by atoms with Crippen molar-refractivity contribution in [3.8, 4) is 11.1 Å². The summed E-state index contributed by atoms with van der Waals surface area (Å²) in [7, 11) is 0. The fraction of sp³-hybridized carbons (Fsp3) is 0.267. The minimum Gasteiger partial charge on any atom is -0.366 e. The van der Waals surface area contributed by atoms with Crippen molar-refractivity contribution >= 4 is 11.7 Å². The van der Waals surface area contributed by atoms with Crippen molar-refractivity contribution in [1.82, 2.24) is 14.8 Å². The van der Waals surface area contributed by atoms with Crippen molar-refractivity contribution in [2.45, 2.75) is 50.2 Å². The van der Waals surface area contributed by atoms with Gasteiger partial charge in [-0.15, -0.1) is 0 Å². The maximum Gasteiger partial charge on any atom is 0.435 e. The number of benzene rings is 2. The van der Waals surface area contributed by atoms with Crippen molar-refractivity contribution in [2.24, 2.45) is 5.73 Å². The molecule has 0 spiro atoms. The number of nitrogens with zero attached hydrogens (tertiary/aromatic N) is 3. The van der Waals surface area contributed by atoms with Gasteiger partial charge in [0.05, 0.1) is 23.4 Å². The van der Waals surface area contributed by atoms with E-state index in [4.69, 9.17) is 5.73 Å². The van der Waals surface area contributed by atoms with E-state index in [1.807, 2.05) is 0 Å². The summed E-state index contributed by atoms with van der Waals surface area (Å²) in [6.45, 7) is -0.785. The normalized spacial score (nSPS) is 14.8. The number of hydrogen-bond donors (Lipinski definition) is 1. The highest BCUT2D eigenvalue weighted by atomic mass is 19.4. The quantitative estimate of drug-likeness (QED) is 0.216. The van der Waals surface area contributed by atoms with Gasteiger partial charge in [-0.1, -0.05) is 12.1 Å². The van der Waals surface area contributed by atoms with Crippen molar-refractivity contribution < 1.29 is 44.7 Å². The second-order valence-corrected chi connectivity index (χ2v) is 10.4. The number of carbonyl (C=O) groups is 2. The van der Waals surface area contributed by atoms with Crippen LogP contribution in [0.5, 0.6) is 0 Å². The second kappa shape index (κ2) is 11.5. The lowest BCUT2D eigenvalue weighted by Gasteiger charge is -2.20. The number of pyridine rings is 1. The summed E-state index contributed by atoms with van der Waals surface area (Å²) in [5.41, 5.74) is 2.32. The molecule has 0 bridgehead atoms. The third kappa shape index (κ3) is 6.19. The lowest BCUT2D eigenvalue weighted by atomic mass is 9.86. The predicted octanol–water partition coefficient (Wildman–Crippen LogP) is 6.50. The molecule has 14 heteroatoms. The molecule has 2 aromatic heterocycles. The number of ketones is 1. The molecule has 1 aliphatic rings. The molecule has 1 amide bonds. The van der Waals surface area contributed by atoms with Gasteiger partial charge in [0, 0.05) is 42.3 Å². The van der Waals surface area contributed by atoms with Gasteiger partial charge in [0.2, 0.25) is 0 Å². The molecule has 5 rings (SSSR count). The first-order valence-electron chi connectivity index (χ1n) is 13.2. The van der Waals surface area contributed by atoms with Crippen LogP contribution < -0.4 is 5.73 Å². The fourth-order valence-electron chi connectivity index (χ4n) is 5.52. The topological polar surface area (TPSA) is 90.9 Å². The van der Waals surface area contributed by atoms with Gasteiger partial charge in [0.1, 0.15) is 17.5 Å². The molecule has 2 aromatic carbocycles. The second-order valence-electron chi connectivity index (χ2n) is 10.4. The third-order valence-corrected chi connectivity index (χ3v) is 7.34. The summed E-state index contributed by atoms with van der Waals surface area (Å²) in [6, 6.07) is 9.27. The number of amides is 1. The molecule has 4 aromatic rings. The van der Waals surface area contributed by atoms with E-state index in [-0.39, 0.29) is 23.2 Å². The maximum absolute atomic E-state index is 14.4. The van der Waals surface area contributed by atoms with Crippen molar-refractivity contribution in [2.75, 3.05) is 0 Å². The molecule has 6 nitrogen and oxygen atoms in total. The zero-order valence-corrected chi connectivity index (χ0v) is 22.6. The van der Waals surface area contributed by atoms with Gasteiger partial charge in [-0.2, -0.15) is 18.3 Å². The summed E-state index contributed by atoms with van der Waals surface area (Å²) in [5.74, 6) is -9.19. The van der Waals surface area contributed by atoms with E-state index in [1.165, 1.54) is 24.4 Å². The number of alkyl halides is 5. The summed E-state index contributed by atoms with van der Waals surface area (Å²) < 4.78 is 112. The lowest BCUT2D eigenvalue weighted by molar-refractivity contribution is -0.145. The number of fused-ring (bicyclic) bond motifs is 1. The van der Waals surface area contributed by atoms with Crippen LogP contribution in [0.25, 0.3) is 11.1 Å². The molecule has 2 N–H and O–H groups in total. The van der Waals surface area contributed by atoms with E-state index in [0.29, 0.717) is 16.3 Å². The molecule has 0 radical (unpaired) electrons. The van der Waals surface area contributed by atoms with Gasteiger partial charge in [0.15, 0.2) is 11.5 Å². The lowest BCUT2D eigenvalue weighted by Crippen LogP contribution is -2.20. The standard InChI is InChI=1S/C30H22F8N4O2/c31-18-9-15(10-19(32)13-18)8-17(26-21(2-1-7-40-26)16-3-4-23(33)22(12-16)28(39)44)11-20(43)14-42-24-5-6-29(34,35)25(24)27(41-42)30(36,37)38/h1-4,7,9-10,12-13,17H,5-6,8,11,14H2,(H2,39,44)/t17-/m1/s1. The highest BCUT2D eigenvalue weighted by Crippen LogP contribution is 2.47. The molecule has 44 heavy (non-hydrogen) atoms. The van der Waals surface area contributed by atoms with Crippen LogP contribution in [0.3, 0.4) is 0 Å². The monoisotopic (exact) mass is 622 g/mol. The first-order chi connectivity index (χ1) is 20.6. The van der Waals surface area contributed by atoms with Crippen LogP contribution in [0.1, 0.15) is 57.3 Å². The highest BCUT2D eigenvalue weighted by molar-refractivity contribution is 5.94. The number of aromatic nitrogens is 3. The smallest absolute Gasteiger partial charge is 0.366 e. The molecule has 1 atom stereocenters. The van der Waals surface area contributed by atoms with Gasteiger partial charge in [-0.25, -0.2) is 22.0 Å². The Labute approximate surface area is 244 Å². The van der Waals surface area contributed by atoms with E-state index in [1.54, 1.807) is 6.07 Å². The molecule has 0 aliphatic heterocycles. The first kappa shape index (κ1) is 30.8. The van der Waals surface area contributed by atoms with Crippen LogP contribution >= 0.6 is 0 Å². The summed E-state index contributed by atoms with van der Waals surface area (Å²) in [6.07, 6.45) is -5.76. The Hall–Kier alpha value is -4.62. The average molecular weight is 623 g/mol. The minimum absolute atomic E-state index is 0.118. The molecule has 0 fully saturated rings. The Balaban J connectivity index is 1.54. The highest BCUT2D eigenvalue weighted by Gasteiger charge is 2.51. The molecular formula is C30H22F8N4O2. The van der Waals surface area contributed by atoms with Gasteiger partial charge in [-0.05, 0) is 54.3 Å². The van der Waals surface area contributed by atoms with Crippen LogP contribution in [0.15, 0.2) is 54.7 Å². The Kier molecular flexibility index (Phi) is 8.03.